The summed E-state index contributed by atoms with van der Waals surface area (Å²) >= 11 is 1.56. The second-order valence-corrected chi connectivity index (χ2v) is 5.84. The van der Waals surface area contributed by atoms with Crippen LogP contribution in [-0.4, -0.2) is 34.2 Å². The summed E-state index contributed by atoms with van der Waals surface area (Å²) in [4.78, 5) is 11.8. The monoisotopic (exact) mass is 269 g/mol. The molecule has 1 atom stereocenters. The van der Waals surface area contributed by atoms with Gasteiger partial charge in [0.05, 0.1) is 17.8 Å². The molecule has 1 aliphatic rings. The van der Waals surface area contributed by atoms with Crippen molar-refractivity contribution in [1.29, 1.82) is 0 Å². The molecular formula is C12H19N3O2S. The maximum Gasteiger partial charge on any atom is 0.327 e. The summed E-state index contributed by atoms with van der Waals surface area (Å²) in [6.07, 6.45) is 2.02. The van der Waals surface area contributed by atoms with Crippen molar-refractivity contribution >= 4 is 17.7 Å². The van der Waals surface area contributed by atoms with Gasteiger partial charge in [-0.25, -0.2) is 0 Å². The van der Waals surface area contributed by atoms with Crippen LogP contribution in [0.4, 0.5) is 0 Å². The SMILES string of the molecule is COC(=O)C(N)(CSc1cc(C)nn1C)C1CC1. The number of rotatable bonds is 5. The predicted molar refractivity (Wildman–Crippen MR) is 70.3 cm³/mol. The number of ether oxygens (including phenoxy) is 1. The number of carbonyl (C=O) groups is 1. The van der Waals surface area contributed by atoms with E-state index in [1.807, 2.05) is 24.7 Å². The molecule has 1 fully saturated rings. The Bertz CT molecular complexity index is 456. The predicted octanol–water partition coefficient (Wildman–Crippen LogP) is 1.10. The van der Waals surface area contributed by atoms with Gasteiger partial charge < -0.3 is 10.5 Å². The second-order valence-electron chi connectivity index (χ2n) is 4.84. The largest absolute Gasteiger partial charge is 0.468 e. The van der Waals surface area contributed by atoms with Crippen molar-refractivity contribution < 1.29 is 9.53 Å². The van der Waals surface area contributed by atoms with E-state index in [-0.39, 0.29) is 11.9 Å². The van der Waals surface area contributed by atoms with Gasteiger partial charge in [-0.1, -0.05) is 0 Å². The minimum Gasteiger partial charge on any atom is -0.468 e. The quantitative estimate of drug-likeness (QED) is 0.640. The highest BCUT2D eigenvalue weighted by molar-refractivity contribution is 7.99. The van der Waals surface area contributed by atoms with E-state index in [4.69, 9.17) is 10.5 Å². The van der Waals surface area contributed by atoms with Crippen LogP contribution < -0.4 is 5.73 Å². The van der Waals surface area contributed by atoms with Gasteiger partial charge in [0, 0.05) is 12.8 Å². The van der Waals surface area contributed by atoms with Crippen LogP contribution in [0.3, 0.4) is 0 Å². The lowest BCUT2D eigenvalue weighted by atomic mass is 9.97. The van der Waals surface area contributed by atoms with E-state index in [0.29, 0.717) is 5.75 Å². The van der Waals surface area contributed by atoms with E-state index < -0.39 is 5.54 Å². The first-order valence-corrected chi connectivity index (χ1v) is 6.96. The molecular weight excluding hydrogens is 250 g/mol. The van der Waals surface area contributed by atoms with Crippen LogP contribution >= 0.6 is 11.8 Å². The molecule has 18 heavy (non-hydrogen) atoms. The molecule has 1 saturated carbocycles. The van der Waals surface area contributed by atoms with Crippen LogP contribution in [0.5, 0.6) is 0 Å². The second kappa shape index (κ2) is 4.93. The minimum absolute atomic E-state index is 0.256. The van der Waals surface area contributed by atoms with Gasteiger partial charge in [0.15, 0.2) is 0 Å². The van der Waals surface area contributed by atoms with E-state index in [0.717, 1.165) is 23.6 Å². The molecule has 0 aromatic carbocycles. The first-order valence-electron chi connectivity index (χ1n) is 5.98. The van der Waals surface area contributed by atoms with Crippen molar-refractivity contribution in [3.05, 3.63) is 11.8 Å². The molecule has 1 aliphatic carbocycles. The molecule has 1 unspecified atom stereocenters. The number of nitrogens with two attached hydrogens (primary N) is 1. The number of aryl methyl sites for hydroxylation is 2. The third-order valence-electron chi connectivity index (χ3n) is 3.29. The molecule has 0 aliphatic heterocycles. The molecule has 2 N–H and O–H groups in total. The molecule has 0 amide bonds. The van der Waals surface area contributed by atoms with Gasteiger partial charge in [0.25, 0.3) is 0 Å². The molecule has 0 saturated heterocycles. The van der Waals surface area contributed by atoms with Gasteiger partial charge in [-0.15, -0.1) is 11.8 Å². The number of carbonyl (C=O) groups excluding carboxylic acids is 1. The lowest BCUT2D eigenvalue weighted by Crippen LogP contribution is -2.53. The maximum atomic E-state index is 11.8. The number of esters is 1. The Balaban J connectivity index is 2.06. The zero-order valence-corrected chi connectivity index (χ0v) is 11.8. The molecule has 1 aromatic heterocycles. The maximum absolute atomic E-state index is 11.8. The van der Waals surface area contributed by atoms with Gasteiger partial charge >= 0.3 is 5.97 Å². The van der Waals surface area contributed by atoms with Gasteiger partial charge in [-0.05, 0) is 31.7 Å². The lowest BCUT2D eigenvalue weighted by molar-refractivity contribution is -0.146. The lowest BCUT2D eigenvalue weighted by Gasteiger charge is -2.25. The summed E-state index contributed by atoms with van der Waals surface area (Å²) in [5.74, 6) is 0.478. The van der Waals surface area contributed by atoms with Crippen LogP contribution in [0.1, 0.15) is 18.5 Å². The Morgan fingerprint density at radius 3 is 2.83 bits per heavy atom. The molecule has 2 rings (SSSR count). The van der Waals surface area contributed by atoms with E-state index in [9.17, 15) is 4.79 Å². The van der Waals surface area contributed by atoms with Crippen molar-refractivity contribution in [3.8, 4) is 0 Å². The summed E-state index contributed by atoms with van der Waals surface area (Å²) in [5, 5.41) is 5.30. The summed E-state index contributed by atoms with van der Waals surface area (Å²) in [5.41, 5.74) is 6.34. The van der Waals surface area contributed by atoms with Crippen LogP contribution in [0.25, 0.3) is 0 Å². The third-order valence-corrected chi connectivity index (χ3v) is 4.59. The van der Waals surface area contributed by atoms with Crippen molar-refractivity contribution in [3.63, 3.8) is 0 Å². The Kier molecular flexibility index (Phi) is 3.68. The smallest absolute Gasteiger partial charge is 0.327 e. The van der Waals surface area contributed by atoms with Crippen LogP contribution in [0, 0.1) is 12.8 Å². The number of thioether (sulfide) groups is 1. The van der Waals surface area contributed by atoms with E-state index in [2.05, 4.69) is 5.10 Å². The minimum atomic E-state index is -0.864. The number of nitrogens with zero attached hydrogens (tertiary/aromatic N) is 2. The average molecular weight is 269 g/mol. The number of hydrogen-bond donors (Lipinski definition) is 1. The third kappa shape index (κ3) is 2.54. The summed E-state index contributed by atoms with van der Waals surface area (Å²) in [6, 6.07) is 2.00. The van der Waals surface area contributed by atoms with E-state index in [1.54, 1.807) is 11.8 Å². The van der Waals surface area contributed by atoms with Crippen molar-refractivity contribution in [2.75, 3.05) is 12.9 Å². The highest BCUT2D eigenvalue weighted by atomic mass is 32.2. The summed E-state index contributed by atoms with van der Waals surface area (Å²) in [7, 11) is 3.29. The Labute approximate surface area is 111 Å². The van der Waals surface area contributed by atoms with Gasteiger partial charge in [-0.3, -0.25) is 9.48 Å². The summed E-state index contributed by atoms with van der Waals surface area (Å²) in [6.45, 7) is 1.95. The van der Waals surface area contributed by atoms with E-state index in [1.165, 1.54) is 7.11 Å². The molecule has 1 aromatic rings. The molecule has 5 nitrogen and oxygen atoms in total. The van der Waals surface area contributed by atoms with Crippen molar-refractivity contribution in [2.45, 2.75) is 30.3 Å². The highest BCUT2D eigenvalue weighted by Gasteiger charge is 2.49. The summed E-state index contributed by atoms with van der Waals surface area (Å²) < 4.78 is 6.65. The first-order chi connectivity index (χ1) is 8.47. The molecule has 1 heterocycles. The molecule has 0 radical (unpaired) electrons. The molecule has 0 bridgehead atoms. The average Bonchev–Trinajstić information content (AvgIpc) is 3.12. The molecule has 100 valence electrons. The molecule has 0 spiro atoms. The fraction of sp³-hybridized carbons (Fsp3) is 0.667. The normalized spacial score (nSPS) is 18.4. The van der Waals surface area contributed by atoms with Crippen LogP contribution in [0.15, 0.2) is 11.1 Å². The van der Waals surface area contributed by atoms with Gasteiger partial charge in [0.1, 0.15) is 5.54 Å². The highest BCUT2D eigenvalue weighted by Crippen LogP contribution is 2.41. The fourth-order valence-corrected chi connectivity index (χ4v) is 3.27. The van der Waals surface area contributed by atoms with Gasteiger partial charge in [0.2, 0.25) is 0 Å². The zero-order chi connectivity index (χ0) is 13.3. The Hall–Kier alpha value is -1.01. The van der Waals surface area contributed by atoms with Crippen molar-refractivity contribution in [1.82, 2.24) is 9.78 Å². The topological polar surface area (TPSA) is 70.1 Å². The molecule has 6 heteroatoms. The first kappa shape index (κ1) is 13.4. The van der Waals surface area contributed by atoms with Gasteiger partial charge in [-0.2, -0.15) is 5.10 Å². The number of aromatic nitrogens is 2. The number of methoxy groups -OCH3 is 1. The Morgan fingerprint density at radius 2 is 2.39 bits per heavy atom. The van der Waals surface area contributed by atoms with Crippen molar-refractivity contribution in [2.24, 2.45) is 18.7 Å². The van der Waals surface area contributed by atoms with Crippen LogP contribution in [-0.2, 0) is 16.6 Å². The van der Waals surface area contributed by atoms with E-state index >= 15 is 0 Å². The zero-order valence-electron chi connectivity index (χ0n) is 11.0. The standard InChI is InChI=1S/C12H19N3O2S/c1-8-6-10(15(2)14-8)18-7-12(13,9-4-5-9)11(16)17-3/h6,9H,4-5,7,13H2,1-3H3. The number of hydrogen-bond acceptors (Lipinski definition) is 5. The fourth-order valence-electron chi connectivity index (χ4n) is 2.05. The van der Waals surface area contributed by atoms with Crippen LogP contribution in [0.2, 0.25) is 0 Å². The Morgan fingerprint density at radius 1 is 1.72 bits per heavy atom.